The standard InChI is InChI=1S/C18H14N4OS2/c19-17-21-22-18(25-17)24-16(11-6-2-1-3-7-11)15(23)13-10-20-14-9-5-4-8-12(13)14/h1-10,16,20H,(H2,19,21)/t16-/m0/s1. The van der Waals surface area contributed by atoms with E-state index in [9.17, 15) is 4.79 Å². The van der Waals surface area contributed by atoms with E-state index in [0.29, 0.717) is 15.0 Å². The number of H-pyrrole nitrogens is 1. The summed E-state index contributed by atoms with van der Waals surface area (Å²) < 4.78 is 0.680. The normalized spacial score (nSPS) is 12.3. The lowest BCUT2D eigenvalue weighted by Crippen LogP contribution is -2.09. The van der Waals surface area contributed by atoms with Gasteiger partial charge in [-0.25, -0.2) is 0 Å². The molecule has 2 aromatic heterocycles. The number of Topliss-reactive ketones (excluding diaryl/α,β-unsaturated/α-hetero) is 1. The zero-order chi connectivity index (χ0) is 17.2. The highest BCUT2D eigenvalue weighted by Crippen LogP contribution is 2.40. The molecule has 0 saturated carbocycles. The first-order valence-corrected chi connectivity index (χ1v) is 9.33. The van der Waals surface area contributed by atoms with E-state index in [-0.39, 0.29) is 5.78 Å². The van der Waals surface area contributed by atoms with Crippen LogP contribution in [0, 0.1) is 0 Å². The van der Waals surface area contributed by atoms with Gasteiger partial charge in [-0.3, -0.25) is 4.79 Å². The SMILES string of the molecule is Nc1nnc(S[C@H](C(=O)c2c[nH]c3ccccc23)c2ccccc2)s1. The molecule has 25 heavy (non-hydrogen) atoms. The van der Waals surface area contributed by atoms with Crippen molar-refractivity contribution in [1.82, 2.24) is 15.2 Å². The van der Waals surface area contributed by atoms with Crippen LogP contribution in [0.4, 0.5) is 5.13 Å². The third-order valence-electron chi connectivity index (χ3n) is 3.84. The average molecular weight is 366 g/mol. The Bertz CT molecular complexity index is 1030. The lowest BCUT2D eigenvalue weighted by atomic mass is 10.0. The number of benzene rings is 2. The van der Waals surface area contributed by atoms with Gasteiger partial charge in [-0.15, -0.1) is 10.2 Å². The van der Waals surface area contributed by atoms with Crippen molar-refractivity contribution in [2.45, 2.75) is 9.59 Å². The first kappa shape index (κ1) is 15.9. The van der Waals surface area contributed by atoms with E-state index >= 15 is 0 Å². The van der Waals surface area contributed by atoms with E-state index in [0.717, 1.165) is 16.5 Å². The number of nitrogens with two attached hydrogens (primary N) is 1. The summed E-state index contributed by atoms with van der Waals surface area (Å²) in [6, 6.07) is 17.5. The smallest absolute Gasteiger partial charge is 0.203 e. The summed E-state index contributed by atoms with van der Waals surface area (Å²) in [5, 5.41) is 8.81. The molecule has 0 aliphatic heterocycles. The van der Waals surface area contributed by atoms with Gasteiger partial charge >= 0.3 is 0 Å². The molecule has 5 nitrogen and oxygen atoms in total. The van der Waals surface area contributed by atoms with Crippen molar-refractivity contribution in [3.8, 4) is 0 Å². The Labute approximate surface area is 152 Å². The fraction of sp³-hybridized carbons (Fsp3) is 0.0556. The number of nitrogens with one attached hydrogen (secondary N) is 1. The highest BCUT2D eigenvalue weighted by Gasteiger charge is 2.26. The maximum absolute atomic E-state index is 13.3. The average Bonchev–Trinajstić information content (AvgIpc) is 3.26. The predicted molar refractivity (Wildman–Crippen MR) is 102 cm³/mol. The van der Waals surface area contributed by atoms with Gasteiger partial charge in [0.2, 0.25) is 5.13 Å². The second kappa shape index (κ2) is 6.70. The number of aromatic nitrogens is 3. The fourth-order valence-electron chi connectivity index (χ4n) is 2.69. The number of hydrogen-bond acceptors (Lipinski definition) is 6. The second-order valence-corrected chi connectivity index (χ2v) is 7.79. The van der Waals surface area contributed by atoms with E-state index in [1.165, 1.54) is 23.1 Å². The molecule has 7 heteroatoms. The molecule has 0 amide bonds. The predicted octanol–water partition coefficient (Wildman–Crippen LogP) is 4.32. The Morgan fingerprint density at radius 1 is 1.08 bits per heavy atom. The largest absolute Gasteiger partial charge is 0.374 e. The number of para-hydroxylation sites is 1. The Hall–Kier alpha value is -2.64. The highest BCUT2D eigenvalue weighted by molar-refractivity contribution is 8.02. The van der Waals surface area contributed by atoms with Crippen molar-refractivity contribution in [3.63, 3.8) is 0 Å². The first-order chi connectivity index (χ1) is 12.2. The molecule has 4 rings (SSSR count). The van der Waals surface area contributed by atoms with Gasteiger partial charge in [0.25, 0.3) is 0 Å². The molecule has 0 fully saturated rings. The van der Waals surface area contributed by atoms with E-state index in [2.05, 4.69) is 15.2 Å². The summed E-state index contributed by atoms with van der Waals surface area (Å²) in [6.07, 6.45) is 1.78. The minimum absolute atomic E-state index is 0.0300. The van der Waals surface area contributed by atoms with Gasteiger partial charge < -0.3 is 10.7 Å². The van der Waals surface area contributed by atoms with Gasteiger partial charge in [0, 0.05) is 22.7 Å². The summed E-state index contributed by atoms with van der Waals surface area (Å²) in [5.74, 6) is 0.0300. The molecule has 0 aliphatic rings. The van der Waals surface area contributed by atoms with Crippen LogP contribution in [0.2, 0.25) is 0 Å². The van der Waals surface area contributed by atoms with Crippen LogP contribution in [0.15, 0.2) is 65.1 Å². The number of ketones is 1. The molecule has 0 unspecified atom stereocenters. The Morgan fingerprint density at radius 3 is 2.60 bits per heavy atom. The number of fused-ring (bicyclic) bond motifs is 1. The molecule has 0 saturated heterocycles. The second-order valence-electron chi connectivity index (χ2n) is 5.43. The van der Waals surface area contributed by atoms with Gasteiger partial charge in [-0.1, -0.05) is 71.6 Å². The van der Waals surface area contributed by atoms with Crippen LogP contribution in [0.3, 0.4) is 0 Å². The van der Waals surface area contributed by atoms with Gasteiger partial charge in [0.05, 0.1) is 0 Å². The Balaban J connectivity index is 1.75. The number of rotatable bonds is 5. The van der Waals surface area contributed by atoms with Crippen molar-refractivity contribution >= 4 is 44.9 Å². The summed E-state index contributed by atoms with van der Waals surface area (Å²) in [7, 11) is 0. The van der Waals surface area contributed by atoms with Crippen LogP contribution in [-0.2, 0) is 0 Å². The van der Waals surface area contributed by atoms with Gasteiger partial charge in [0.15, 0.2) is 10.1 Å². The molecule has 0 spiro atoms. The molecule has 2 heterocycles. The minimum Gasteiger partial charge on any atom is -0.374 e. The number of nitrogen functional groups attached to an aromatic ring is 1. The van der Waals surface area contributed by atoms with E-state index in [1.54, 1.807) is 6.20 Å². The zero-order valence-corrected chi connectivity index (χ0v) is 14.7. The van der Waals surface area contributed by atoms with Crippen LogP contribution < -0.4 is 5.73 Å². The quantitative estimate of drug-likeness (QED) is 0.406. The number of hydrogen-bond donors (Lipinski definition) is 2. The van der Waals surface area contributed by atoms with Crippen LogP contribution in [-0.4, -0.2) is 21.0 Å². The third-order valence-corrected chi connectivity index (χ3v) is 5.93. The van der Waals surface area contributed by atoms with E-state index in [1.807, 2.05) is 54.6 Å². The van der Waals surface area contributed by atoms with Crippen molar-refractivity contribution in [1.29, 1.82) is 0 Å². The van der Waals surface area contributed by atoms with E-state index < -0.39 is 5.25 Å². The topological polar surface area (TPSA) is 84.7 Å². The lowest BCUT2D eigenvalue weighted by Gasteiger charge is -2.14. The fourth-order valence-corrected chi connectivity index (χ4v) is 4.58. The van der Waals surface area contributed by atoms with Crippen LogP contribution in [0.1, 0.15) is 21.2 Å². The molecule has 3 N–H and O–H groups in total. The van der Waals surface area contributed by atoms with Crippen LogP contribution in [0.25, 0.3) is 10.9 Å². The van der Waals surface area contributed by atoms with Crippen molar-refractivity contribution < 1.29 is 4.79 Å². The van der Waals surface area contributed by atoms with Crippen LogP contribution in [0.5, 0.6) is 0 Å². The number of carbonyl (C=O) groups excluding carboxylic acids is 1. The molecule has 1 atom stereocenters. The molecule has 0 radical (unpaired) electrons. The summed E-state index contributed by atoms with van der Waals surface area (Å²) in [4.78, 5) is 16.5. The number of carbonyl (C=O) groups is 1. The molecular formula is C18H14N4OS2. The van der Waals surface area contributed by atoms with Gasteiger partial charge in [0.1, 0.15) is 5.25 Å². The Kier molecular flexibility index (Phi) is 4.25. The van der Waals surface area contributed by atoms with Crippen LogP contribution >= 0.6 is 23.1 Å². The van der Waals surface area contributed by atoms with Crippen molar-refractivity contribution in [2.75, 3.05) is 5.73 Å². The first-order valence-electron chi connectivity index (χ1n) is 7.63. The molecule has 0 bridgehead atoms. The monoisotopic (exact) mass is 366 g/mol. The van der Waals surface area contributed by atoms with Crippen molar-refractivity contribution in [2.24, 2.45) is 0 Å². The molecule has 2 aromatic carbocycles. The zero-order valence-electron chi connectivity index (χ0n) is 13.0. The van der Waals surface area contributed by atoms with Crippen molar-refractivity contribution in [3.05, 3.63) is 71.9 Å². The minimum atomic E-state index is -0.409. The molecule has 124 valence electrons. The number of nitrogens with zero attached hydrogens (tertiary/aromatic N) is 2. The number of thioether (sulfide) groups is 1. The van der Waals surface area contributed by atoms with Gasteiger partial charge in [-0.2, -0.15) is 0 Å². The molecule has 0 aliphatic carbocycles. The lowest BCUT2D eigenvalue weighted by molar-refractivity contribution is 0.0991. The maximum Gasteiger partial charge on any atom is 0.203 e. The van der Waals surface area contributed by atoms with E-state index in [4.69, 9.17) is 5.73 Å². The number of anilines is 1. The third kappa shape index (κ3) is 3.16. The highest BCUT2D eigenvalue weighted by atomic mass is 32.2. The summed E-state index contributed by atoms with van der Waals surface area (Å²) >= 11 is 2.67. The van der Waals surface area contributed by atoms with Gasteiger partial charge in [-0.05, 0) is 11.6 Å². The number of aromatic amines is 1. The maximum atomic E-state index is 13.3. The molecule has 4 aromatic rings. The molecular weight excluding hydrogens is 352 g/mol. The summed E-state index contributed by atoms with van der Waals surface area (Å²) in [5.41, 5.74) is 8.23. The Morgan fingerprint density at radius 2 is 1.84 bits per heavy atom. The summed E-state index contributed by atoms with van der Waals surface area (Å²) in [6.45, 7) is 0.